The van der Waals surface area contributed by atoms with Gasteiger partial charge in [-0.15, -0.1) is 0 Å². The molecule has 4 aliphatic carbocycles. The van der Waals surface area contributed by atoms with Crippen LogP contribution < -0.4 is 0 Å². The summed E-state index contributed by atoms with van der Waals surface area (Å²) in [7, 11) is 0. The molecule has 0 radical (unpaired) electrons. The van der Waals surface area contributed by atoms with Gasteiger partial charge in [0.2, 0.25) is 0 Å². The van der Waals surface area contributed by atoms with E-state index in [1.165, 1.54) is 25.7 Å². The molecule has 3 nitrogen and oxygen atoms in total. The molecule has 8 atom stereocenters. The molecule has 0 saturated heterocycles. The second-order valence-electron chi connectivity index (χ2n) is 13.5. The molecule has 0 bridgehead atoms. The van der Waals surface area contributed by atoms with Crippen molar-refractivity contribution in [2.45, 2.75) is 106 Å². The van der Waals surface area contributed by atoms with E-state index in [1.54, 1.807) is 5.57 Å². The molecule has 186 valence electrons. The molecule has 3 fully saturated rings. The van der Waals surface area contributed by atoms with Crippen LogP contribution in [0, 0.1) is 45.3 Å². The summed E-state index contributed by atoms with van der Waals surface area (Å²) in [6, 6.07) is 0. The largest absolute Gasteiger partial charge is 0.392 e. The van der Waals surface area contributed by atoms with Crippen molar-refractivity contribution < 1.29 is 15.0 Å². The predicted octanol–water partition coefficient (Wildman–Crippen LogP) is 6.49. The summed E-state index contributed by atoms with van der Waals surface area (Å²) in [5, 5.41) is 19.9. The highest BCUT2D eigenvalue weighted by Crippen LogP contribution is 2.73. The molecule has 33 heavy (non-hydrogen) atoms. The smallest absolute Gasteiger partial charge is 0.138 e. The summed E-state index contributed by atoms with van der Waals surface area (Å²) in [5.41, 5.74) is 3.06. The Morgan fingerprint density at radius 1 is 1.15 bits per heavy atom. The van der Waals surface area contributed by atoms with Crippen molar-refractivity contribution in [3.63, 3.8) is 0 Å². The lowest BCUT2D eigenvalue weighted by Crippen LogP contribution is -2.57. The van der Waals surface area contributed by atoms with Crippen molar-refractivity contribution >= 4 is 5.78 Å². The number of hydrogen-bond donors (Lipinski definition) is 2. The van der Waals surface area contributed by atoms with E-state index in [4.69, 9.17) is 0 Å². The summed E-state index contributed by atoms with van der Waals surface area (Å²) in [5.74, 6) is 2.59. The maximum atomic E-state index is 12.8. The molecular formula is C30H48O3. The van der Waals surface area contributed by atoms with Crippen LogP contribution in [0.2, 0.25) is 0 Å². The third kappa shape index (κ3) is 3.63. The van der Waals surface area contributed by atoms with Crippen LogP contribution in [0.3, 0.4) is 0 Å². The number of Topliss-reactive ketones (excluding diaryl/α,β-unsaturated/α-hetero) is 1. The van der Waals surface area contributed by atoms with E-state index in [-0.39, 0.29) is 28.3 Å². The third-order valence-electron chi connectivity index (χ3n) is 11.7. The number of rotatable bonds is 5. The second-order valence-corrected chi connectivity index (χ2v) is 13.5. The normalized spacial score (nSPS) is 44.4. The zero-order valence-electron chi connectivity index (χ0n) is 22.2. The van der Waals surface area contributed by atoms with Crippen LogP contribution in [-0.4, -0.2) is 28.7 Å². The lowest BCUT2D eigenvalue weighted by Gasteiger charge is -2.63. The quantitative estimate of drug-likeness (QED) is 0.465. The van der Waals surface area contributed by atoms with Gasteiger partial charge in [-0.3, -0.25) is 4.79 Å². The number of hydrogen-bond acceptors (Lipinski definition) is 3. The molecule has 3 saturated carbocycles. The third-order valence-corrected chi connectivity index (χ3v) is 11.7. The molecule has 2 N–H and O–H groups in total. The Morgan fingerprint density at radius 3 is 2.52 bits per heavy atom. The number of aliphatic hydroxyl groups excluding tert-OH is 2. The first-order valence-electron chi connectivity index (χ1n) is 13.5. The van der Waals surface area contributed by atoms with Crippen LogP contribution in [0.25, 0.3) is 0 Å². The van der Waals surface area contributed by atoms with E-state index < -0.39 is 6.10 Å². The zero-order chi connectivity index (χ0) is 24.4. The fraction of sp³-hybridized carbons (Fsp3) is 0.833. The van der Waals surface area contributed by atoms with Crippen molar-refractivity contribution in [2.24, 2.45) is 45.3 Å². The zero-order valence-corrected chi connectivity index (χ0v) is 22.2. The Morgan fingerprint density at radius 2 is 1.85 bits per heavy atom. The molecule has 0 spiro atoms. The Bertz CT molecular complexity index is 853. The first kappa shape index (κ1) is 25.2. The van der Waals surface area contributed by atoms with Gasteiger partial charge in [-0.2, -0.15) is 0 Å². The topological polar surface area (TPSA) is 57.5 Å². The number of carbonyl (C=O) groups excluding carboxylic acids is 1. The molecule has 0 aromatic carbocycles. The van der Waals surface area contributed by atoms with E-state index in [1.807, 2.05) is 13.0 Å². The lowest BCUT2D eigenvalue weighted by atomic mass is 9.41. The van der Waals surface area contributed by atoms with Crippen LogP contribution in [0.1, 0.15) is 99.8 Å². The van der Waals surface area contributed by atoms with Gasteiger partial charge in [0.25, 0.3) is 0 Å². The maximum Gasteiger partial charge on any atom is 0.138 e. The number of aliphatic hydroxyl groups is 2. The van der Waals surface area contributed by atoms with Crippen molar-refractivity contribution in [3.05, 3.63) is 23.3 Å². The van der Waals surface area contributed by atoms with Crippen molar-refractivity contribution in [1.82, 2.24) is 0 Å². The van der Waals surface area contributed by atoms with Gasteiger partial charge in [0.05, 0.1) is 12.7 Å². The molecule has 0 unspecified atom stereocenters. The number of ketones is 1. The van der Waals surface area contributed by atoms with E-state index >= 15 is 0 Å². The Balaban J connectivity index is 1.61. The predicted molar refractivity (Wildman–Crippen MR) is 135 cm³/mol. The molecule has 0 aromatic rings. The SMILES string of the molecule is C/C(=C/[C@@H](O)C[C@H](C)[C@@H]1CC[C@]2(C)C3=CC[C@H]4C(C)(C)C(=O)CC[C@]4(C)[C@H]3CC[C@@]12C)CO. The van der Waals surface area contributed by atoms with Crippen LogP contribution in [0.5, 0.6) is 0 Å². The highest BCUT2D eigenvalue weighted by Gasteiger charge is 2.65. The van der Waals surface area contributed by atoms with Crippen molar-refractivity contribution in [2.75, 3.05) is 6.61 Å². The second kappa shape index (κ2) is 8.33. The molecule has 0 heterocycles. The molecule has 3 heteroatoms. The van der Waals surface area contributed by atoms with Crippen LogP contribution in [-0.2, 0) is 4.79 Å². The lowest BCUT2D eigenvalue weighted by molar-refractivity contribution is -0.146. The maximum absolute atomic E-state index is 12.8. The highest BCUT2D eigenvalue weighted by atomic mass is 16.3. The average molecular weight is 457 g/mol. The Hall–Kier alpha value is -0.930. The van der Waals surface area contributed by atoms with E-state index in [0.29, 0.717) is 29.5 Å². The minimum atomic E-state index is -0.477. The van der Waals surface area contributed by atoms with E-state index in [2.05, 4.69) is 47.6 Å². The van der Waals surface area contributed by atoms with Gasteiger partial charge >= 0.3 is 0 Å². The molecule has 0 aromatic heterocycles. The Labute approximate surface area is 202 Å². The van der Waals surface area contributed by atoms with Crippen molar-refractivity contribution in [3.8, 4) is 0 Å². The molecular weight excluding hydrogens is 408 g/mol. The molecule has 0 aliphatic heterocycles. The first-order chi connectivity index (χ1) is 15.3. The van der Waals surface area contributed by atoms with Crippen molar-refractivity contribution in [1.29, 1.82) is 0 Å². The van der Waals surface area contributed by atoms with Gasteiger partial charge < -0.3 is 10.2 Å². The van der Waals surface area contributed by atoms with Crippen LogP contribution in [0.15, 0.2) is 23.3 Å². The molecule has 4 aliphatic rings. The van der Waals surface area contributed by atoms with Gasteiger partial charge in [0.1, 0.15) is 5.78 Å². The van der Waals surface area contributed by atoms with E-state index in [9.17, 15) is 15.0 Å². The highest BCUT2D eigenvalue weighted by molar-refractivity contribution is 5.85. The van der Waals surface area contributed by atoms with Gasteiger partial charge in [-0.25, -0.2) is 0 Å². The standard InChI is InChI=1S/C30H48O3/c1-19(18-31)16-21(32)17-20(2)22-10-14-30(7)24-8-9-25-27(3,4)26(33)12-13-28(25,5)23(24)11-15-29(22,30)6/h8,16,20-23,25,31-32H,9-15,17-18H2,1-7H3/b19-16-/t20-,21+,22-,23-,25-,28+,29-,30+/m0/s1. The summed E-state index contributed by atoms with van der Waals surface area (Å²) >= 11 is 0. The minimum Gasteiger partial charge on any atom is -0.392 e. The number of carbonyl (C=O) groups is 1. The van der Waals surface area contributed by atoms with Gasteiger partial charge in [-0.1, -0.05) is 59.3 Å². The number of allylic oxidation sites excluding steroid dienone is 2. The van der Waals surface area contributed by atoms with Gasteiger partial charge in [0.15, 0.2) is 0 Å². The fourth-order valence-electron chi connectivity index (χ4n) is 9.46. The summed E-state index contributed by atoms with van der Waals surface area (Å²) in [4.78, 5) is 12.8. The minimum absolute atomic E-state index is 0.0162. The van der Waals surface area contributed by atoms with Gasteiger partial charge in [0, 0.05) is 11.8 Å². The van der Waals surface area contributed by atoms with E-state index in [0.717, 1.165) is 31.3 Å². The summed E-state index contributed by atoms with van der Waals surface area (Å²) in [6.45, 7) is 16.2. The Kier molecular flexibility index (Phi) is 6.35. The molecule has 4 rings (SSSR count). The van der Waals surface area contributed by atoms with Gasteiger partial charge in [-0.05, 0) is 97.4 Å². The monoisotopic (exact) mass is 456 g/mol. The first-order valence-corrected chi connectivity index (χ1v) is 13.5. The summed E-state index contributed by atoms with van der Waals surface area (Å²) in [6.07, 6.45) is 12.5. The van der Waals surface area contributed by atoms with Crippen LogP contribution >= 0.6 is 0 Å². The summed E-state index contributed by atoms with van der Waals surface area (Å²) < 4.78 is 0. The molecule has 0 amide bonds. The fourth-order valence-corrected chi connectivity index (χ4v) is 9.46. The number of fused-ring (bicyclic) bond motifs is 5. The van der Waals surface area contributed by atoms with Crippen LogP contribution in [0.4, 0.5) is 0 Å². The average Bonchev–Trinajstić information content (AvgIpc) is 3.02.